The second-order valence-corrected chi connectivity index (χ2v) is 7.68. The summed E-state index contributed by atoms with van der Waals surface area (Å²) in [4.78, 5) is 36.8. The molecule has 0 bridgehead atoms. The molecule has 4 rings (SSSR count). The van der Waals surface area contributed by atoms with Gasteiger partial charge in [-0.15, -0.1) is 0 Å². The van der Waals surface area contributed by atoms with E-state index in [1.54, 1.807) is 29.6 Å². The maximum atomic E-state index is 13.0. The summed E-state index contributed by atoms with van der Waals surface area (Å²) in [6.45, 7) is 1.19. The third-order valence-corrected chi connectivity index (χ3v) is 5.39. The molecule has 3 aromatic rings. The van der Waals surface area contributed by atoms with Crippen molar-refractivity contribution in [2.45, 2.75) is 12.5 Å². The Kier molecular flexibility index (Phi) is 5.37. The monoisotopic (exact) mass is 404 g/mol. The summed E-state index contributed by atoms with van der Waals surface area (Å²) in [5.74, 6) is -1.43. The Morgan fingerprint density at radius 1 is 1.20 bits per heavy atom. The number of pyridine rings is 1. The quantitative estimate of drug-likeness (QED) is 0.375. The van der Waals surface area contributed by atoms with Gasteiger partial charge in [-0.3, -0.25) is 14.6 Å². The van der Waals surface area contributed by atoms with E-state index in [0.29, 0.717) is 24.1 Å². The number of H-pyrrole nitrogens is 1. The Balaban J connectivity index is 1.83. The summed E-state index contributed by atoms with van der Waals surface area (Å²) < 4.78 is 0. The minimum atomic E-state index is -0.672. The Bertz CT molecular complexity index is 1120. The van der Waals surface area contributed by atoms with Crippen molar-refractivity contribution in [2.24, 2.45) is 0 Å². The highest BCUT2D eigenvalue weighted by atomic mass is 16.3. The van der Waals surface area contributed by atoms with Gasteiger partial charge in [-0.1, -0.05) is 24.3 Å². The predicted octanol–water partition coefficient (Wildman–Crippen LogP) is 2.94. The number of hydrogen-bond acceptors (Lipinski definition) is 5. The maximum absolute atomic E-state index is 13.0. The molecule has 1 atom stereocenters. The number of hydrogen-bond donors (Lipinski definition) is 2. The predicted molar refractivity (Wildman–Crippen MR) is 115 cm³/mol. The number of aromatic amines is 1. The lowest BCUT2D eigenvalue weighted by molar-refractivity contribution is -0.139. The largest absolute Gasteiger partial charge is 0.507 e. The first-order valence-corrected chi connectivity index (χ1v) is 9.88. The fourth-order valence-electron chi connectivity index (χ4n) is 3.96. The summed E-state index contributed by atoms with van der Waals surface area (Å²) in [6.07, 6.45) is 5.66. The van der Waals surface area contributed by atoms with Gasteiger partial charge in [-0.25, -0.2) is 0 Å². The number of fused-ring (bicyclic) bond motifs is 1. The van der Waals surface area contributed by atoms with Crippen molar-refractivity contribution in [2.75, 3.05) is 27.2 Å². The smallest absolute Gasteiger partial charge is 0.295 e. The number of Topliss-reactive ketones (excluding diaryl/α,β-unsaturated/α-hetero) is 1. The molecule has 1 aromatic carbocycles. The zero-order valence-corrected chi connectivity index (χ0v) is 17.0. The number of carbonyl (C=O) groups is 2. The van der Waals surface area contributed by atoms with Crippen molar-refractivity contribution >= 4 is 28.4 Å². The van der Waals surface area contributed by atoms with Crippen molar-refractivity contribution in [1.29, 1.82) is 0 Å². The van der Waals surface area contributed by atoms with Crippen molar-refractivity contribution in [1.82, 2.24) is 19.8 Å². The fraction of sp³-hybridized carbons (Fsp3) is 0.261. The van der Waals surface area contributed by atoms with Crippen LogP contribution in [0.3, 0.4) is 0 Å². The van der Waals surface area contributed by atoms with Gasteiger partial charge in [0.15, 0.2) is 0 Å². The summed E-state index contributed by atoms with van der Waals surface area (Å²) in [6, 6.07) is 10.4. The Morgan fingerprint density at radius 2 is 2.00 bits per heavy atom. The molecule has 0 saturated carbocycles. The van der Waals surface area contributed by atoms with E-state index in [4.69, 9.17) is 0 Å². The van der Waals surface area contributed by atoms with E-state index in [1.165, 1.54) is 0 Å². The van der Waals surface area contributed by atoms with Gasteiger partial charge >= 0.3 is 0 Å². The average molecular weight is 404 g/mol. The van der Waals surface area contributed by atoms with E-state index >= 15 is 0 Å². The number of rotatable bonds is 6. The van der Waals surface area contributed by atoms with Crippen LogP contribution >= 0.6 is 0 Å². The van der Waals surface area contributed by atoms with Crippen LogP contribution in [0.2, 0.25) is 0 Å². The molecule has 7 nitrogen and oxygen atoms in total. The molecular weight excluding hydrogens is 380 g/mol. The van der Waals surface area contributed by atoms with Gasteiger partial charge in [0.25, 0.3) is 11.7 Å². The van der Waals surface area contributed by atoms with Crippen LogP contribution in [0.4, 0.5) is 0 Å². The van der Waals surface area contributed by atoms with Crippen LogP contribution in [-0.4, -0.2) is 63.7 Å². The first-order valence-electron chi connectivity index (χ1n) is 9.88. The standard InChI is InChI=1S/C23H24N4O3/c1-26(2)11-6-12-27-20(15-7-5-10-24-13-15)19(22(29)23(27)30)21(28)17-14-25-18-9-4-3-8-16(17)18/h3-5,7-10,13-14,20,25,28H,6,11-12H2,1-2H3/t20-/m0/s1. The molecule has 1 saturated heterocycles. The van der Waals surface area contributed by atoms with E-state index in [2.05, 4.69) is 9.97 Å². The number of benzene rings is 1. The minimum Gasteiger partial charge on any atom is -0.507 e. The SMILES string of the molecule is CN(C)CCCN1C(=O)C(=O)C(=C(O)c2c[nH]c3ccccc23)[C@@H]1c1cccnc1. The first-order chi connectivity index (χ1) is 14.5. The summed E-state index contributed by atoms with van der Waals surface area (Å²) in [5.41, 5.74) is 2.15. The number of aliphatic hydroxyl groups is 1. The molecular formula is C23H24N4O3. The van der Waals surface area contributed by atoms with Crippen molar-refractivity contribution < 1.29 is 14.7 Å². The lowest BCUT2D eigenvalue weighted by Crippen LogP contribution is -2.32. The molecule has 0 spiro atoms. The number of aromatic nitrogens is 2. The lowest BCUT2D eigenvalue weighted by Gasteiger charge is -2.25. The van der Waals surface area contributed by atoms with E-state index in [-0.39, 0.29) is 11.3 Å². The second-order valence-electron chi connectivity index (χ2n) is 7.68. The van der Waals surface area contributed by atoms with E-state index in [0.717, 1.165) is 17.4 Å². The van der Waals surface area contributed by atoms with Crippen LogP contribution in [0, 0.1) is 0 Å². The lowest BCUT2D eigenvalue weighted by atomic mass is 9.96. The number of amides is 1. The van der Waals surface area contributed by atoms with Gasteiger partial charge in [-0.2, -0.15) is 0 Å². The van der Waals surface area contributed by atoms with Crippen LogP contribution in [0.25, 0.3) is 16.7 Å². The van der Waals surface area contributed by atoms with E-state index in [9.17, 15) is 14.7 Å². The average Bonchev–Trinajstić information content (AvgIpc) is 3.28. The first kappa shape index (κ1) is 19.8. The highest BCUT2D eigenvalue weighted by Gasteiger charge is 2.46. The number of carbonyl (C=O) groups excluding carboxylic acids is 2. The van der Waals surface area contributed by atoms with Gasteiger partial charge in [-0.05, 0) is 44.8 Å². The van der Waals surface area contributed by atoms with Crippen LogP contribution in [0.5, 0.6) is 0 Å². The van der Waals surface area contributed by atoms with Crippen LogP contribution in [0.1, 0.15) is 23.6 Å². The summed E-state index contributed by atoms with van der Waals surface area (Å²) >= 11 is 0. The van der Waals surface area contributed by atoms with Crippen molar-refractivity contribution in [3.05, 3.63) is 71.7 Å². The molecule has 3 heterocycles. The molecule has 2 N–H and O–H groups in total. The Hall–Kier alpha value is -3.45. The zero-order chi connectivity index (χ0) is 21.3. The third kappa shape index (κ3) is 3.48. The summed E-state index contributed by atoms with van der Waals surface area (Å²) in [7, 11) is 3.92. The molecule has 154 valence electrons. The number of para-hydroxylation sites is 1. The van der Waals surface area contributed by atoms with Crippen LogP contribution < -0.4 is 0 Å². The molecule has 2 aromatic heterocycles. The molecule has 0 radical (unpaired) electrons. The maximum Gasteiger partial charge on any atom is 0.295 e. The van der Waals surface area contributed by atoms with Crippen LogP contribution in [0.15, 0.2) is 60.6 Å². The van der Waals surface area contributed by atoms with E-state index in [1.807, 2.05) is 49.3 Å². The number of nitrogens with zero attached hydrogens (tertiary/aromatic N) is 3. The zero-order valence-electron chi connectivity index (χ0n) is 17.0. The van der Waals surface area contributed by atoms with Crippen molar-refractivity contribution in [3.8, 4) is 0 Å². The highest BCUT2D eigenvalue weighted by Crippen LogP contribution is 2.40. The van der Waals surface area contributed by atoms with Gasteiger partial charge < -0.3 is 19.9 Å². The molecule has 0 unspecified atom stereocenters. The minimum absolute atomic E-state index is 0.0996. The number of likely N-dealkylation sites (tertiary alicyclic amines) is 1. The Morgan fingerprint density at radius 3 is 2.73 bits per heavy atom. The van der Waals surface area contributed by atoms with Gasteiger partial charge in [0.05, 0.1) is 11.6 Å². The molecule has 7 heteroatoms. The van der Waals surface area contributed by atoms with Gasteiger partial charge in [0, 0.05) is 41.6 Å². The number of nitrogens with one attached hydrogen (secondary N) is 1. The second kappa shape index (κ2) is 8.12. The fourth-order valence-corrected chi connectivity index (χ4v) is 3.96. The summed E-state index contributed by atoms with van der Waals surface area (Å²) in [5, 5.41) is 12.0. The molecule has 1 aliphatic heterocycles. The Labute approximate surface area is 174 Å². The normalized spacial score (nSPS) is 18.6. The van der Waals surface area contributed by atoms with Gasteiger partial charge in [0.1, 0.15) is 5.76 Å². The third-order valence-electron chi connectivity index (χ3n) is 5.39. The van der Waals surface area contributed by atoms with E-state index < -0.39 is 17.7 Å². The number of ketones is 1. The topological polar surface area (TPSA) is 89.5 Å². The highest BCUT2D eigenvalue weighted by molar-refractivity contribution is 6.46. The molecule has 30 heavy (non-hydrogen) atoms. The molecule has 0 aliphatic carbocycles. The number of aliphatic hydroxyl groups excluding tert-OH is 1. The van der Waals surface area contributed by atoms with Crippen LogP contribution in [-0.2, 0) is 9.59 Å². The van der Waals surface area contributed by atoms with Gasteiger partial charge in [0.2, 0.25) is 0 Å². The molecule has 1 amide bonds. The molecule has 1 fully saturated rings. The molecule has 1 aliphatic rings. The van der Waals surface area contributed by atoms with Crippen molar-refractivity contribution in [3.63, 3.8) is 0 Å².